The number of H-pyrrole nitrogens is 1. The number of benzene rings is 2. The number of carbonyl (C=O) groups excluding carboxylic acids is 1. The van der Waals surface area contributed by atoms with Crippen LogP contribution < -0.4 is 10.6 Å². The molecule has 1 aromatic heterocycles. The predicted molar refractivity (Wildman–Crippen MR) is 104 cm³/mol. The maximum atomic E-state index is 12.3. The normalized spacial score (nSPS) is 14.8. The quantitative estimate of drug-likeness (QED) is 0.574. The highest BCUT2D eigenvalue weighted by Gasteiger charge is 2.22. The smallest absolute Gasteiger partial charge is 0.253 e. The first-order valence-corrected chi connectivity index (χ1v) is 8.99. The van der Waals surface area contributed by atoms with Crippen molar-refractivity contribution >= 4 is 22.5 Å². The molecule has 1 aliphatic rings. The van der Waals surface area contributed by atoms with Crippen LogP contribution in [-0.2, 0) is 0 Å². The Bertz CT molecular complexity index is 957. The molecule has 4 N–H and O–H groups in total. The van der Waals surface area contributed by atoms with Crippen molar-refractivity contribution in [2.75, 3.05) is 12.0 Å². The SMILES string of the molecule is CC(C)CC(O)c1ccc(-c2[nH]c3cccc4c3c2NCNC4=O)cc1. The summed E-state index contributed by atoms with van der Waals surface area (Å²) in [6.45, 7) is 4.60. The Balaban J connectivity index is 1.76. The van der Waals surface area contributed by atoms with Crippen LogP contribution in [0.1, 0.15) is 42.3 Å². The van der Waals surface area contributed by atoms with Gasteiger partial charge in [0.15, 0.2) is 0 Å². The summed E-state index contributed by atoms with van der Waals surface area (Å²) in [4.78, 5) is 15.7. The highest BCUT2D eigenvalue weighted by atomic mass is 16.3. The van der Waals surface area contributed by atoms with E-state index in [1.54, 1.807) is 0 Å². The van der Waals surface area contributed by atoms with E-state index in [4.69, 9.17) is 0 Å². The number of aromatic amines is 1. The number of carbonyl (C=O) groups is 1. The standard InChI is InChI=1S/C21H23N3O2/c1-12(2)10-17(25)13-6-8-14(9-7-13)19-20-18-15(21(26)23-11-22-20)4-3-5-16(18)24-19/h3-9,12,17,22,24-25H,10-11H2,1-2H3,(H,23,26). The third-order valence-electron chi connectivity index (χ3n) is 4.86. The maximum Gasteiger partial charge on any atom is 0.253 e. The van der Waals surface area contributed by atoms with Crippen LogP contribution in [0.25, 0.3) is 22.2 Å². The molecule has 0 fully saturated rings. The van der Waals surface area contributed by atoms with Gasteiger partial charge in [0.1, 0.15) is 0 Å². The summed E-state index contributed by atoms with van der Waals surface area (Å²) >= 11 is 0. The molecule has 1 unspecified atom stereocenters. The van der Waals surface area contributed by atoms with E-state index in [-0.39, 0.29) is 5.91 Å². The van der Waals surface area contributed by atoms with E-state index in [0.717, 1.165) is 39.8 Å². The molecular formula is C21H23N3O2. The van der Waals surface area contributed by atoms with E-state index in [1.165, 1.54) is 0 Å². The molecule has 1 atom stereocenters. The molecule has 134 valence electrons. The molecule has 2 heterocycles. The number of aromatic nitrogens is 1. The summed E-state index contributed by atoms with van der Waals surface area (Å²) in [5.74, 6) is 0.374. The van der Waals surface area contributed by atoms with Crippen molar-refractivity contribution in [1.29, 1.82) is 0 Å². The third kappa shape index (κ3) is 2.84. The van der Waals surface area contributed by atoms with E-state index < -0.39 is 6.10 Å². The zero-order valence-electron chi connectivity index (χ0n) is 15.0. The fourth-order valence-electron chi connectivity index (χ4n) is 3.59. The Morgan fingerprint density at radius 2 is 1.85 bits per heavy atom. The molecule has 4 rings (SSSR count). The number of aliphatic hydroxyl groups is 1. The summed E-state index contributed by atoms with van der Waals surface area (Å²) < 4.78 is 0. The van der Waals surface area contributed by atoms with Crippen LogP contribution in [0.4, 0.5) is 5.69 Å². The number of hydrogen-bond donors (Lipinski definition) is 4. The molecule has 5 nitrogen and oxygen atoms in total. The molecule has 2 aromatic carbocycles. The van der Waals surface area contributed by atoms with E-state index in [0.29, 0.717) is 18.2 Å². The van der Waals surface area contributed by atoms with Crippen molar-refractivity contribution in [1.82, 2.24) is 10.3 Å². The molecule has 1 aliphatic heterocycles. The highest BCUT2D eigenvalue weighted by Crippen LogP contribution is 2.38. The lowest BCUT2D eigenvalue weighted by molar-refractivity contribution is 0.0959. The van der Waals surface area contributed by atoms with Crippen molar-refractivity contribution in [2.24, 2.45) is 5.92 Å². The molecule has 0 radical (unpaired) electrons. The zero-order valence-corrected chi connectivity index (χ0v) is 15.0. The Labute approximate surface area is 152 Å². The fourth-order valence-corrected chi connectivity index (χ4v) is 3.59. The summed E-state index contributed by atoms with van der Waals surface area (Å²) in [5, 5.41) is 17.4. The number of amides is 1. The number of aliphatic hydroxyl groups excluding tert-OH is 1. The second kappa shape index (κ2) is 6.50. The minimum atomic E-state index is -0.445. The van der Waals surface area contributed by atoms with Gasteiger partial charge in [0, 0.05) is 16.5 Å². The second-order valence-electron chi connectivity index (χ2n) is 7.23. The van der Waals surface area contributed by atoms with Gasteiger partial charge in [-0.15, -0.1) is 0 Å². The van der Waals surface area contributed by atoms with Crippen LogP contribution in [0.5, 0.6) is 0 Å². The Hall–Kier alpha value is -2.79. The van der Waals surface area contributed by atoms with Gasteiger partial charge in [-0.2, -0.15) is 0 Å². The second-order valence-corrected chi connectivity index (χ2v) is 7.23. The van der Waals surface area contributed by atoms with Crippen molar-refractivity contribution in [2.45, 2.75) is 26.4 Å². The van der Waals surface area contributed by atoms with Crippen LogP contribution in [0.2, 0.25) is 0 Å². The monoisotopic (exact) mass is 349 g/mol. The van der Waals surface area contributed by atoms with Gasteiger partial charge in [-0.1, -0.05) is 44.2 Å². The van der Waals surface area contributed by atoms with E-state index in [1.807, 2.05) is 42.5 Å². The van der Waals surface area contributed by atoms with Gasteiger partial charge in [0.05, 0.1) is 29.7 Å². The summed E-state index contributed by atoms with van der Waals surface area (Å²) in [6.07, 6.45) is 0.301. The average molecular weight is 349 g/mol. The average Bonchev–Trinajstić information content (AvgIpc) is 2.90. The molecule has 0 bridgehead atoms. The van der Waals surface area contributed by atoms with Gasteiger partial charge in [0.2, 0.25) is 0 Å². The van der Waals surface area contributed by atoms with E-state index in [2.05, 4.69) is 29.5 Å². The summed E-state index contributed by atoms with van der Waals surface area (Å²) in [7, 11) is 0. The number of nitrogens with one attached hydrogen (secondary N) is 3. The van der Waals surface area contributed by atoms with Crippen LogP contribution >= 0.6 is 0 Å². The number of anilines is 1. The largest absolute Gasteiger partial charge is 0.388 e. The Morgan fingerprint density at radius 3 is 2.58 bits per heavy atom. The summed E-state index contributed by atoms with van der Waals surface area (Å²) in [5.41, 5.74) is 5.44. The maximum absolute atomic E-state index is 12.3. The third-order valence-corrected chi connectivity index (χ3v) is 4.86. The van der Waals surface area contributed by atoms with Gasteiger partial charge in [0.25, 0.3) is 5.91 Å². The minimum Gasteiger partial charge on any atom is -0.388 e. The van der Waals surface area contributed by atoms with Crippen LogP contribution in [0.15, 0.2) is 42.5 Å². The van der Waals surface area contributed by atoms with E-state index in [9.17, 15) is 9.90 Å². The lowest BCUT2D eigenvalue weighted by Gasteiger charge is -2.14. The molecule has 0 spiro atoms. The van der Waals surface area contributed by atoms with Gasteiger partial charge in [-0.3, -0.25) is 4.79 Å². The first-order chi connectivity index (χ1) is 12.5. The molecule has 3 aromatic rings. The van der Waals surface area contributed by atoms with Crippen LogP contribution in [0, 0.1) is 5.92 Å². The molecule has 0 saturated carbocycles. The van der Waals surface area contributed by atoms with Crippen molar-refractivity contribution in [3.05, 3.63) is 53.6 Å². The molecule has 26 heavy (non-hydrogen) atoms. The fraction of sp³-hybridized carbons (Fsp3) is 0.286. The van der Waals surface area contributed by atoms with Crippen molar-refractivity contribution in [3.63, 3.8) is 0 Å². The van der Waals surface area contributed by atoms with Gasteiger partial charge < -0.3 is 20.7 Å². The number of rotatable bonds is 4. The van der Waals surface area contributed by atoms with Gasteiger partial charge in [-0.05, 0) is 30.0 Å². The highest BCUT2D eigenvalue weighted by molar-refractivity contribution is 6.15. The lowest BCUT2D eigenvalue weighted by Crippen LogP contribution is -2.26. The molecule has 0 aliphatic carbocycles. The molecule has 1 amide bonds. The Morgan fingerprint density at radius 1 is 1.08 bits per heavy atom. The Kier molecular flexibility index (Phi) is 4.17. The van der Waals surface area contributed by atoms with E-state index >= 15 is 0 Å². The van der Waals surface area contributed by atoms with Gasteiger partial charge >= 0.3 is 0 Å². The molecule has 5 heteroatoms. The lowest BCUT2D eigenvalue weighted by atomic mass is 9.98. The minimum absolute atomic E-state index is 0.0699. The first kappa shape index (κ1) is 16.7. The zero-order chi connectivity index (χ0) is 18.3. The molecule has 0 saturated heterocycles. The van der Waals surface area contributed by atoms with Crippen molar-refractivity contribution in [3.8, 4) is 11.3 Å². The predicted octanol–water partition coefficient (Wildman–Crippen LogP) is 4.03. The molecular weight excluding hydrogens is 326 g/mol. The summed E-state index contributed by atoms with van der Waals surface area (Å²) in [6, 6.07) is 13.7. The van der Waals surface area contributed by atoms with Gasteiger partial charge in [-0.25, -0.2) is 0 Å². The van der Waals surface area contributed by atoms with Crippen LogP contribution in [0.3, 0.4) is 0 Å². The topological polar surface area (TPSA) is 77.2 Å². The van der Waals surface area contributed by atoms with Crippen LogP contribution in [-0.4, -0.2) is 22.7 Å². The first-order valence-electron chi connectivity index (χ1n) is 8.99. The van der Waals surface area contributed by atoms with Crippen molar-refractivity contribution < 1.29 is 9.90 Å². The number of hydrogen-bond acceptors (Lipinski definition) is 3.